The highest BCUT2D eigenvalue weighted by Gasteiger charge is 2.35. The molecule has 0 spiro atoms. The SMILES string of the molecule is CC(=O)c1cc(N2CCN3C(=O)CCC3C2)ccc1N. The number of piperazine rings is 1. The van der Waals surface area contributed by atoms with E-state index >= 15 is 0 Å². The summed E-state index contributed by atoms with van der Waals surface area (Å²) >= 11 is 0. The van der Waals surface area contributed by atoms with Crippen LogP contribution in [0.15, 0.2) is 18.2 Å². The lowest BCUT2D eigenvalue weighted by atomic mass is 10.1. The molecule has 0 radical (unpaired) electrons. The van der Waals surface area contributed by atoms with Gasteiger partial charge in [-0.25, -0.2) is 0 Å². The zero-order chi connectivity index (χ0) is 14.3. The molecule has 2 heterocycles. The Morgan fingerprint density at radius 1 is 1.35 bits per heavy atom. The van der Waals surface area contributed by atoms with E-state index in [-0.39, 0.29) is 11.7 Å². The van der Waals surface area contributed by atoms with Crippen molar-refractivity contribution >= 4 is 23.1 Å². The highest BCUT2D eigenvalue weighted by atomic mass is 16.2. The molecule has 2 aliphatic rings. The number of nitrogens with zero attached hydrogens (tertiary/aromatic N) is 2. The van der Waals surface area contributed by atoms with Crippen LogP contribution in [-0.2, 0) is 4.79 Å². The third-order valence-electron chi connectivity index (χ3n) is 4.28. The second kappa shape index (κ2) is 4.81. The van der Waals surface area contributed by atoms with Gasteiger partial charge in [-0.05, 0) is 31.5 Å². The van der Waals surface area contributed by atoms with Gasteiger partial charge in [-0.3, -0.25) is 9.59 Å². The molecule has 5 heteroatoms. The van der Waals surface area contributed by atoms with Gasteiger partial charge in [0.25, 0.3) is 0 Å². The quantitative estimate of drug-likeness (QED) is 0.651. The lowest BCUT2D eigenvalue weighted by molar-refractivity contribution is -0.129. The van der Waals surface area contributed by atoms with Gasteiger partial charge < -0.3 is 15.5 Å². The summed E-state index contributed by atoms with van der Waals surface area (Å²) in [6, 6.07) is 5.92. The molecule has 0 bridgehead atoms. The first-order valence-corrected chi connectivity index (χ1v) is 7.01. The van der Waals surface area contributed by atoms with E-state index in [1.54, 1.807) is 6.07 Å². The van der Waals surface area contributed by atoms with Gasteiger partial charge >= 0.3 is 0 Å². The summed E-state index contributed by atoms with van der Waals surface area (Å²) in [7, 11) is 0. The second-order valence-electron chi connectivity index (χ2n) is 5.55. The van der Waals surface area contributed by atoms with Gasteiger partial charge in [0.05, 0.1) is 0 Å². The number of Topliss-reactive ketones (excluding diaryl/α,β-unsaturated/α-hetero) is 1. The van der Waals surface area contributed by atoms with E-state index in [2.05, 4.69) is 4.90 Å². The Hall–Kier alpha value is -2.04. The van der Waals surface area contributed by atoms with Crippen molar-refractivity contribution < 1.29 is 9.59 Å². The van der Waals surface area contributed by atoms with Gasteiger partial charge in [0, 0.05) is 49.0 Å². The minimum atomic E-state index is -0.0148. The van der Waals surface area contributed by atoms with Crippen molar-refractivity contribution in [3.63, 3.8) is 0 Å². The first kappa shape index (κ1) is 13.0. The Morgan fingerprint density at radius 3 is 2.90 bits per heavy atom. The van der Waals surface area contributed by atoms with E-state index in [1.165, 1.54) is 6.92 Å². The van der Waals surface area contributed by atoms with Gasteiger partial charge in [0.2, 0.25) is 5.91 Å². The van der Waals surface area contributed by atoms with Crippen molar-refractivity contribution in [1.82, 2.24) is 4.90 Å². The van der Waals surface area contributed by atoms with Crippen molar-refractivity contribution in [2.75, 3.05) is 30.3 Å². The number of hydrogen-bond donors (Lipinski definition) is 1. The molecule has 20 heavy (non-hydrogen) atoms. The number of nitrogen functional groups attached to an aromatic ring is 1. The normalized spacial score (nSPS) is 22.1. The number of nitrogens with two attached hydrogens (primary N) is 1. The topological polar surface area (TPSA) is 66.6 Å². The number of carbonyl (C=O) groups is 2. The van der Waals surface area contributed by atoms with Gasteiger partial charge in [-0.2, -0.15) is 0 Å². The molecule has 2 aliphatic heterocycles. The number of ketones is 1. The zero-order valence-corrected chi connectivity index (χ0v) is 11.6. The molecule has 0 aliphatic carbocycles. The van der Waals surface area contributed by atoms with Crippen molar-refractivity contribution in [2.45, 2.75) is 25.8 Å². The Kier molecular flexibility index (Phi) is 3.12. The van der Waals surface area contributed by atoms with E-state index in [0.717, 1.165) is 31.7 Å². The summed E-state index contributed by atoms with van der Waals surface area (Å²) in [6.07, 6.45) is 1.60. The molecule has 0 aromatic heterocycles. The number of carbonyl (C=O) groups excluding carboxylic acids is 2. The van der Waals surface area contributed by atoms with Gasteiger partial charge in [-0.15, -0.1) is 0 Å². The minimum Gasteiger partial charge on any atom is -0.398 e. The molecule has 1 amide bonds. The van der Waals surface area contributed by atoms with Crippen LogP contribution in [0.5, 0.6) is 0 Å². The number of amides is 1. The average Bonchev–Trinajstić information content (AvgIpc) is 2.80. The highest BCUT2D eigenvalue weighted by Crippen LogP contribution is 2.28. The molecule has 0 saturated carbocycles. The fourth-order valence-electron chi connectivity index (χ4n) is 3.14. The summed E-state index contributed by atoms with van der Waals surface area (Å²) in [4.78, 5) is 27.5. The van der Waals surface area contributed by atoms with Crippen LogP contribution in [0.2, 0.25) is 0 Å². The predicted octanol–water partition coefficient (Wildman–Crippen LogP) is 1.28. The second-order valence-corrected chi connectivity index (χ2v) is 5.55. The maximum Gasteiger partial charge on any atom is 0.223 e. The Morgan fingerprint density at radius 2 is 2.15 bits per heavy atom. The van der Waals surface area contributed by atoms with Crippen molar-refractivity contribution in [2.24, 2.45) is 0 Å². The zero-order valence-electron chi connectivity index (χ0n) is 11.6. The first-order valence-electron chi connectivity index (χ1n) is 7.01. The number of fused-ring (bicyclic) bond motifs is 1. The molecule has 2 N–H and O–H groups in total. The summed E-state index contributed by atoms with van der Waals surface area (Å²) in [5, 5.41) is 0. The van der Waals surface area contributed by atoms with E-state index < -0.39 is 0 Å². The number of benzene rings is 1. The van der Waals surface area contributed by atoms with Crippen LogP contribution in [0.4, 0.5) is 11.4 Å². The number of anilines is 2. The van der Waals surface area contributed by atoms with Gasteiger partial charge in [0.1, 0.15) is 0 Å². The molecule has 106 valence electrons. The Labute approximate surface area is 118 Å². The third-order valence-corrected chi connectivity index (χ3v) is 4.28. The molecule has 5 nitrogen and oxygen atoms in total. The lowest BCUT2D eigenvalue weighted by Gasteiger charge is -2.39. The highest BCUT2D eigenvalue weighted by molar-refractivity contribution is 6.00. The maximum atomic E-state index is 11.7. The van der Waals surface area contributed by atoms with E-state index in [1.807, 2.05) is 17.0 Å². The Balaban J connectivity index is 1.82. The molecule has 3 rings (SSSR count). The number of hydrogen-bond acceptors (Lipinski definition) is 4. The summed E-state index contributed by atoms with van der Waals surface area (Å²) in [5.74, 6) is 0.260. The number of rotatable bonds is 2. The lowest BCUT2D eigenvalue weighted by Crippen LogP contribution is -2.51. The van der Waals surface area contributed by atoms with E-state index in [9.17, 15) is 9.59 Å². The van der Waals surface area contributed by atoms with Crippen LogP contribution in [0.1, 0.15) is 30.1 Å². The smallest absolute Gasteiger partial charge is 0.223 e. The molecule has 2 fully saturated rings. The largest absolute Gasteiger partial charge is 0.398 e. The van der Waals surface area contributed by atoms with Gasteiger partial charge in [0.15, 0.2) is 5.78 Å². The third kappa shape index (κ3) is 2.13. The van der Waals surface area contributed by atoms with Crippen LogP contribution >= 0.6 is 0 Å². The first-order chi connectivity index (χ1) is 9.56. The van der Waals surface area contributed by atoms with E-state index in [0.29, 0.717) is 23.7 Å². The van der Waals surface area contributed by atoms with Crippen LogP contribution in [0, 0.1) is 0 Å². The molecule has 1 aromatic rings. The fraction of sp³-hybridized carbons (Fsp3) is 0.467. The molecule has 1 aromatic carbocycles. The molecular weight excluding hydrogens is 254 g/mol. The standard InChI is InChI=1S/C15H19N3O2/c1-10(19)13-8-11(2-4-14(13)16)17-6-7-18-12(9-17)3-5-15(18)20/h2,4,8,12H,3,5-7,9,16H2,1H3. The predicted molar refractivity (Wildman–Crippen MR) is 77.8 cm³/mol. The van der Waals surface area contributed by atoms with Crippen molar-refractivity contribution in [3.8, 4) is 0 Å². The van der Waals surface area contributed by atoms with Crippen LogP contribution < -0.4 is 10.6 Å². The monoisotopic (exact) mass is 273 g/mol. The summed E-state index contributed by atoms with van der Waals surface area (Å²) in [6.45, 7) is 3.95. The van der Waals surface area contributed by atoms with Crippen LogP contribution in [0.3, 0.4) is 0 Å². The van der Waals surface area contributed by atoms with Crippen molar-refractivity contribution in [1.29, 1.82) is 0 Å². The average molecular weight is 273 g/mol. The molecular formula is C15H19N3O2. The molecule has 1 atom stereocenters. The van der Waals surface area contributed by atoms with Crippen LogP contribution in [-0.4, -0.2) is 42.3 Å². The summed E-state index contributed by atoms with van der Waals surface area (Å²) < 4.78 is 0. The minimum absolute atomic E-state index is 0.0148. The van der Waals surface area contributed by atoms with Crippen LogP contribution in [0.25, 0.3) is 0 Å². The molecule has 2 saturated heterocycles. The van der Waals surface area contributed by atoms with Gasteiger partial charge in [-0.1, -0.05) is 0 Å². The molecule has 1 unspecified atom stereocenters. The summed E-state index contributed by atoms with van der Waals surface area (Å²) in [5.41, 5.74) is 7.95. The van der Waals surface area contributed by atoms with E-state index in [4.69, 9.17) is 5.73 Å². The Bertz CT molecular complexity index is 570. The maximum absolute atomic E-state index is 11.7. The van der Waals surface area contributed by atoms with Crippen molar-refractivity contribution in [3.05, 3.63) is 23.8 Å². The fourth-order valence-corrected chi connectivity index (χ4v) is 3.14.